The van der Waals surface area contributed by atoms with Crippen LogP contribution in [0.3, 0.4) is 0 Å². The van der Waals surface area contributed by atoms with Gasteiger partial charge in [0.05, 0.1) is 5.69 Å². The van der Waals surface area contributed by atoms with Crippen LogP contribution in [0.2, 0.25) is 5.15 Å². The highest BCUT2D eigenvalue weighted by molar-refractivity contribution is 6.32. The second kappa shape index (κ2) is 5.11. The fourth-order valence-electron chi connectivity index (χ4n) is 2.55. The molecule has 3 aromatic rings. The topological polar surface area (TPSA) is 30.7 Å². The molecule has 21 heavy (non-hydrogen) atoms. The number of halogens is 2. The second-order valence-corrected chi connectivity index (χ2v) is 5.46. The van der Waals surface area contributed by atoms with Crippen LogP contribution in [-0.2, 0) is 13.5 Å². The number of aromatic nitrogens is 3. The van der Waals surface area contributed by atoms with Crippen LogP contribution in [0, 0.1) is 12.7 Å². The summed E-state index contributed by atoms with van der Waals surface area (Å²) >= 11 is 6.27. The highest BCUT2D eigenvalue weighted by Crippen LogP contribution is 2.34. The van der Waals surface area contributed by atoms with Gasteiger partial charge in [-0.25, -0.2) is 9.37 Å². The first-order valence-corrected chi connectivity index (χ1v) is 7.17. The van der Waals surface area contributed by atoms with Crippen LogP contribution in [0.4, 0.5) is 4.39 Å². The molecule has 0 aliphatic carbocycles. The number of nitrogens with zero attached hydrogens (tertiary/aromatic N) is 3. The number of benzene rings is 1. The third-order valence-electron chi connectivity index (χ3n) is 3.70. The van der Waals surface area contributed by atoms with Crippen LogP contribution in [0.1, 0.15) is 18.1 Å². The minimum absolute atomic E-state index is 0.279. The third-order valence-corrected chi connectivity index (χ3v) is 3.97. The minimum atomic E-state index is -0.332. The molecule has 0 spiro atoms. The number of rotatable bonds is 2. The second-order valence-electron chi connectivity index (χ2n) is 5.10. The largest absolute Gasteiger partial charge is 0.275 e. The summed E-state index contributed by atoms with van der Waals surface area (Å²) in [7, 11) is 1.84. The SMILES string of the molecule is CCc1cc(F)c2nc(Cl)c(-c3ccn(C)n3)c(C)c2c1. The van der Waals surface area contributed by atoms with E-state index in [1.54, 1.807) is 4.68 Å². The lowest BCUT2D eigenvalue weighted by Crippen LogP contribution is -1.97. The van der Waals surface area contributed by atoms with E-state index in [1.165, 1.54) is 6.07 Å². The maximum Gasteiger partial charge on any atom is 0.149 e. The highest BCUT2D eigenvalue weighted by Gasteiger charge is 2.17. The molecule has 108 valence electrons. The molecule has 1 aromatic carbocycles. The average Bonchev–Trinajstić information content (AvgIpc) is 2.86. The molecule has 0 unspecified atom stereocenters. The van der Waals surface area contributed by atoms with E-state index in [-0.39, 0.29) is 11.0 Å². The molecule has 0 N–H and O–H groups in total. The zero-order chi connectivity index (χ0) is 15.1. The number of aryl methyl sites for hydroxylation is 3. The first-order chi connectivity index (χ1) is 10.0. The lowest BCUT2D eigenvalue weighted by atomic mass is 10.00. The lowest BCUT2D eigenvalue weighted by molar-refractivity contribution is 0.635. The van der Waals surface area contributed by atoms with Crippen molar-refractivity contribution in [3.05, 3.63) is 46.5 Å². The first-order valence-electron chi connectivity index (χ1n) is 6.79. The van der Waals surface area contributed by atoms with Crippen LogP contribution in [0.25, 0.3) is 22.2 Å². The molecule has 0 amide bonds. The molecule has 2 aromatic heterocycles. The van der Waals surface area contributed by atoms with Gasteiger partial charge < -0.3 is 0 Å². The Morgan fingerprint density at radius 3 is 2.71 bits per heavy atom. The van der Waals surface area contributed by atoms with Crippen LogP contribution < -0.4 is 0 Å². The molecule has 0 atom stereocenters. The Morgan fingerprint density at radius 2 is 2.10 bits per heavy atom. The Morgan fingerprint density at radius 1 is 1.33 bits per heavy atom. The number of fused-ring (bicyclic) bond motifs is 1. The normalized spacial score (nSPS) is 11.3. The summed E-state index contributed by atoms with van der Waals surface area (Å²) in [6, 6.07) is 5.37. The summed E-state index contributed by atoms with van der Waals surface area (Å²) in [6.07, 6.45) is 2.62. The molecule has 0 saturated heterocycles. The van der Waals surface area contributed by atoms with Crippen LogP contribution in [-0.4, -0.2) is 14.8 Å². The lowest BCUT2D eigenvalue weighted by Gasteiger charge is -2.11. The number of pyridine rings is 1. The van der Waals surface area contributed by atoms with Crippen molar-refractivity contribution in [3.63, 3.8) is 0 Å². The Kier molecular flexibility index (Phi) is 3.41. The summed E-state index contributed by atoms with van der Waals surface area (Å²) in [6.45, 7) is 3.93. The molecule has 0 aliphatic heterocycles. The van der Waals surface area contributed by atoms with Crippen molar-refractivity contribution in [2.75, 3.05) is 0 Å². The molecule has 3 rings (SSSR count). The average molecular weight is 304 g/mol. The van der Waals surface area contributed by atoms with Gasteiger partial charge in [0.1, 0.15) is 16.5 Å². The van der Waals surface area contributed by atoms with E-state index in [4.69, 9.17) is 11.6 Å². The summed E-state index contributed by atoms with van der Waals surface area (Å²) in [5.41, 5.74) is 3.67. The molecule has 2 heterocycles. The predicted octanol–water partition coefficient (Wildman–Crippen LogP) is 4.30. The molecule has 5 heteroatoms. The van der Waals surface area contributed by atoms with Crippen molar-refractivity contribution in [1.82, 2.24) is 14.8 Å². The molecular formula is C16H15ClFN3. The Bertz CT molecular complexity index is 839. The van der Waals surface area contributed by atoms with E-state index >= 15 is 0 Å². The minimum Gasteiger partial charge on any atom is -0.275 e. The third kappa shape index (κ3) is 2.29. The summed E-state index contributed by atoms with van der Waals surface area (Å²) in [4.78, 5) is 4.24. The maximum absolute atomic E-state index is 14.2. The van der Waals surface area contributed by atoms with E-state index in [2.05, 4.69) is 10.1 Å². The smallest absolute Gasteiger partial charge is 0.149 e. The Balaban J connectivity index is 2.37. The monoisotopic (exact) mass is 303 g/mol. The fourth-order valence-corrected chi connectivity index (χ4v) is 2.87. The molecule has 0 fully saturated rings. The van der Waals surface area contributed by atoms with Gasteiger partial charge in [0.25, 0.3) is 0 Å². The van der Waals surface area contributed by atoms with Gasteiger partial charge in [-0.05, 0) is 42.7 Å². The van der Waals surface area contributed by atoms with Gasteiger partial charge in [-0.2, -0.15) is 5.10 Å². The van der Waals surface area contributed by atoms with E-state index in [0.717, 1.165) is 34.2 Å². The van der Waals surface area contributed by atoms with Crippen LogP contribution in [0.15, 0.2) is 24.4 Å². The molecule has 0 radical (unpaired) electrons. The van der Waals surface area contributed by atoms with E-state index in [0.29, 0.717) is 5.52 Å². The van der Waals surface area contributed by atoms with E-state index in [1.807, 2.05) is 39.2 Å². The summed E-state index contributed by atoms with van der Waals surface area (Å²) in [5, 5.41) is 5.44. The van der Waals surface area contributed by atoms with E-state index < -0.39 is 0 Å². The summed E-state index contributed by atoms with van der Waals surface area (Å²) < 4.78 is 15.9. The zero-order valence-corrected chi connectivity index (χ0v) is 12.9. The van der Waals surface area contributed by atoms with Gasteiger partial charge in [0.15, 0.2) is 0 Å². The number of hydrogen-bond donors (Lipinski definition) is 0. The molecule has 0 bridgehead atoms. The maximum atomic E-state index is 14.2. The van der Waals surface area contributed by atoms with Crippen LogP contribution >= 0.6 is 11.6 Å². The van der Waals surface area contributed by atoms with Crippen molar-refractivity contribution in [1.29, 1.82) is 0 Å². The van der Waals surface area contributed by atoms with Gasteiger partial charge in [0.2, 0.25) is 0 Å². The Labute approximate surface area is 127 Å². The van der Waals surface area contributed by atoms with E-state index in [9.17, 15) is 4.39 Å². The van der Waals surface area contributed by atoms with Crippen molar-refractivity contribution < 1.29 is 4.39 Å². The standard InChI is InChI=1S/C16H15ClFN3/c1-4-10-7-11-9(2)14(13-5-6-21(3)20-13)16(17)19-15(11)12(18)8-10/h5-8H,4H2,1-3H3. The molecule has 0 saturated carbocycles. The first kappa shape index (κ1) is 14.0. The Hall–Kier alpha value is -1.94. The van der Waals surface area contributed by atoms with Gasteiger partial charge in [-0.15, -0.1) is 0 Å². The van der Waals surface area contributed by atoms with Crippen molar-refractivity contribution in [2.24, 2.45) is 7.05 Å². The predicted molar refractivity (Wildman–Crippen MR) is 83.0 cm³/mol. The van der Waals surface area contributed by atoms with Gasteiger partial charge in [-0.3, -0.25) is 4.68 Å². The fraction of sp³-hybridized carbons (Fsp3) is 0.250. The summed E-state index contributed by atoms with van der Waals surface area (Å²) in [5.74, 6) is -0.332. The van der Waals surface area contributed by atoms with Gasteiger partial charge in [0, 0.05) is 24.2 Å². The van der Waals surface area contributed by atoms with Gasteiger partial charge >= 0.3 is 0 Å². The highest BCUT2D eigenvalue weighted by atomic mass is 35.5. The molecular weight excluding hydrogens is 289 g/mol. The molecule has 3 nitrogen and oxygen atoms in total. The zero-order valence-electron chi connectivity index (χ0n) is 12.1. The molecule has 0 aliphatic rings. The van der Waals surface area contributed by atoms with Crippen molar-refractivity contribution >= 4 is 22.5 Å². The number of hydrogen-bond acceptors (Lipinski definition) is 2. The van der Waals surface area contributed by atoms with Crippen molar-refractivity contribution in [2.45, 2.75) is 20.3 Å². The van der Waals surface area contributed by atoms with Crippen molar-refractivity contribution in [3.8, 4) is 11.3 Å². The van der Waals surface area contributed by atoms with Crippen LogP contribution in [0.5, 0.6) is 0 Å². The van der Waals surface area contributed by atoms with Gasteiger partial charge in [-0.1, -0.05) is 18.5 Å². The quantitative estimate of drug-likeness (QED) is 0.661.